The predicted octanol–water partition coefficient (Wildman–Crippen LogP) is 8.29. The lowest BCUT2D eigenvalue weighted by molar-refractivity contribution is 0.0342. The van der Waals surface area contributed by atoms with Gasteiger partial charge in [0.2, 0.25) is 0 Å². The largest absolute Gasteiger partial charge is 0.501 e. The monoisotopic (exact) mass is 416 g/mol. The van der Waals surface area contributed by atoms with Crippen LogP contribution in [0.2, 0.25) is 6.04 Å². The van der Waals surface area contributed by atoms with Gasteiger partial charge in [-0.3, -0.25) is 0 Å². The Kier molecular flexibility index (Phi) is 20.4. The van der Waals surface area contributed by atoms with Gasteiger partial charge < -0.3 is 13.3 Å². The van der Waals surface area contributed by atoms with E-state index in [0.29, 0.717) is 13.2 Å². The minimum atomic E-state index is -2.52. The zero-order chi connectivity index (χ0) is 20.9. The van der Waals surface area contributed by atoms with Crippen molar-refractivity contribution in [2.75, 3.05) is 13.2 Å². The topological polar surface area (TPSA) is 27.7 Å². The maximum atomic E-state index is 6.50. The van der Waals surface area contributed by atoms with Gasteiger partial charge in [0, 0.05) is 25.4 Å². The quantitative estimate of drug-likeness (QED) is 0.131. The van der Waals surface area contributed by atoms with Gasteiger partial charge in [-0.25, -0.2) is 0 Å². The molecule has 28 heavy (non-hydrogen) atoms. The van der Waals surface area contributed by atoms with Crippen LogP contribution in [0.15, 0.2) is 0 Å². The van der Waals surface area contributed by atoms with Gasteiger partial charge in [0.25, 0.3) is 0 Å². The van der Waals surface area contributed by atoms with Crippen LogP contribution in [-0.4, -0.2) is 28.1 Å². The summed E-state index contributed by atoms with van der Waals surface area (Å²) in [4.78, 5) is 0. The van der Waals surface area contributed by atoms with Crippen LogP contribution in [0.25, 0.3) is 0 Å². The molecule has 0 aromatic heterocycles. The first-order valence-corrected chi connectivity index (χ1v) is 14.5. The van der Waals surface area contributed by atoms with Crippen LogP contribution in [0.5, 0.6) is 0 Å². The zero-order valence-electron chi connectivity index (χ0n) is 20.0. The van der Waals surface area contributed by atoms with Gasteiger partial charge in [0.15, 0.2) is 0 Å². The molecule has 0 spiro atoms. The molecule has 0 radical (unpaired) electrons. The SMILES string of the molecule is CCCCCCCCCCC(C)O[Si](CCCCCCCC)(OCC)OCC. The van der Waals surface area contributed by atoms with Gasteiger partial charge in [-0.2, -0.15) is 0 Å². The summed E-state index contributed by atoms with van der Waals surface area (Å²) in [6.45, 7) is 12.3. The average molecular weight is 417 g/mol. The van der Waals surface area contributed by atoms with Crippen molar-refractivity contribution >= 4 is 8.80 Å². The molecule has 0 rings (SSSR count). The van der Waals surface area contributed by atoms with E-state index in [2.05, 4.69) is 34.6 Å². The number of hydrogen-bond acceptors (Lipinski definition) is 3. The fourth-order valence-electron chi connectivity index (χ4n) is 3.81. The molecule has 0 bridgehead atoms. The molecule has 4 heteroatoms. The van der Waals surface area contributed by atoms with Gasteiger partial charge in [-0.15, -0.1) is 0 Å². The first-order valence-electron chi connectivity index (χ1n) is 12.6. The summed E-state index contributed by atoms with van der Waals surface area (Å²) in [6, 6.07) is 0.975. The van der Waals surface area contributed by atoms with Crippen molar-refractivity contribution in [1.82, 2.24) is 0 Å². The van der Waals surface area contributed by atoms with E-state index in [4.69, 9.17) is 13.3 Å². The summed E-state index contributed by atoms with van der Waals surface area (Å²) >= 11 is 0. The van der Waals surface area contributed by atoms with E-state index in [9.17, 15) is 0 Å². The molecule has 3 nitrogen and oxygen atoms in total. The fourth-order valence-corrected chi connectivity index (χ4v) is 6.73. The lowest BCUT2D eigenvalue weighted by Gasteiger charge is -2.32. The van der Waals surface area contributed by atoms with Gasteiger partial charge in [-0.1, -0.05) is 97.3 Å². The van der Waals surface area contributed by atoms with Crippen molar-refractivity contribution in [1.29, 1.82) is 0 Å². The third-order valence-electron chi connectivity index (χ3n) is 5.41. The molecule has 0 aliphatic carbocycles. The van der Waals surface area contributed by atoms with Crippen molar-refractivity contribution in [3.05, 3.63) is 0 Å². The molecule has 0 aliphatic heterocycles. The second-order valence-electron chi connectivity index (χ2n) is 8.26. The fraction of sp³-hybridized carbons (Fsp3) is 1.00. The Morgan fingerprint density at radius 2 is 1.00 bits per heavy atom. The minimum absolute atomic E-state index is 0.241. The van der Waals surface area contributed by atoms with Crippen LogP contribution < -0.4 is 0 Å². The Morgan fingerprint density at radius 3 is 1.46 bits per heavy atom. The number of unbranched alkanes of at least 4 members (excludes halogenated alkanes) is 12. The van der Waals surface area contributed by atoms with Crippen LogP contribution >= 0.6 is 0 Å². The Morgan fingerprint density at radius 1 is 0.571 bits per heavy atom. The Labute approximate surface area is 178 Å². The molecular formula is C24H52O3Si. The predicted molar refractivity (Wildman–Crippen MR) is 125 cm³/mol. The van der Waals surface area contributed by atoms with Gasteiger partial charge in [0.05, 0.1) is 0 Å². The highest BCUT2D eigenvalue weighted by molar-refractivity contribution is 6.60. The summed E-state index contributed by atoms with van der Waals surface area (Å²) in [5, 5.41) is 0. The van der Waals surface area contributed by atoms with Crippen LogP contribution in [0.4, 0.5) is 0 Å². The smallest absolute Gasteiger partial charge is 0.374 e. The molecule has 0 aliphatic rings. The second-order valence-corrected chi connectivity index (χ2v) is 10.9. The summed E-state index contributed by atoms with van der Waals surface area (Å²) < 4.78 is 18.8. The molecule has 0 fully saturated rings. The standard InChI is InChI=1S/C24H52O3Si/c1-6-10-12-14-16-17-18-20-22-24(5)27-28(25-8-3,26-9-4)23-21-19-15-13-11-7-2/h24H,6-23H2,1-5H3. The van der Waals surface area contributed by atoms with E-state index in [1.807, 2.05) is 0 Å². The molecule has 1 atom stereocenters. The van der Waals surface area contributed by atoms with Crippen molar-refractivity contribution in [2.45, 2.75) is 143 Å². The maximum absolute atomic E-state index is 6.50. The molecule has 0 aromatic rings. The van der Waals surface area contributed by atoms with E-state index in [1.165, 1.54) is 89.9 Å². The summed E-state index contributed by atoms with van der Waals surface area (Å²) in [5.41, 5.74) is 0. The second kappa shape index (κ2) is 20.4. The third-order valence-corrected chi connectivity index (χ3v) is 8.59. The van der Waals surface area contributed by atoms with E-state index in [1.54, 1.807) is 0 Å². The molecular weight excluding hydrogens is 364 g/mol. The highest BCUT2D eigenvalue weighted by Gasteiger charge is 2.41. The molecule has 0 saturated heterocycles. The molecule has 0 saturated carbocycles. The average Bonchev–Trinajstić information content (AvgIpc) is 2.67. The van der Waals surface area contributed by atoms with Crippen molar-refractivity contribution in [3.63, 3.8) is 0 Å². The Balaban J connectivity index is 4.18. The maximum Gasteiger partial charge on any atom is 0.501 e. The lowest BCUT2D eigenvalue weighted by Crippen LogP contribution is -2.48. The molecule has 1 unspecified atom stereocenters. The highest BCUT2D eigenvalue weighted by atomic mass is 28.4. The first kappa shape index (κ1) is 28.1. The van der Waals surface area contributed by atoms with Gasteiger partial charge in [0.1, 0.15) is 0 Å². The highest BCUT2D eigenvalue weighted by Crippen LogP contribution is 2.24. The van der Waals surface area contributed by atoms with E-state index < -0.39 is 8.80 Å². The normalized spacial score (nSPS) is 13.2. The first-order chi connectivity index (χ1) is 13.6. The summed E-state index contributed by atoms with van der Waals surface area (Å²) in [6.07, 6.45) is 20.0. The van der Waals surface area contributed by atoms with Gasteiger partial charge in [-0.05, 0) is 33.6 Å². The van der Waals surface area contributed by atoms with Crippen molar-refractivity contribution in [2.24, 2.45) is 0 Å². The Bertz CT molecular complexity index is 306. The molecule has 0 aromatic carbocycles. The molecule has 0 heterocycles. The zero-order valence-corrected chi connectivity index (χ0v) is 21.0. The van der Waals surface area contributed by atoms with Crippen LogP contribution in [0.1, 0.15) is 131 Å². The molecule has 0 amide bonds. The Hall–Kier alpha value is 0.0969. The van der Waals surface area contributed by atoms with E-state index in [0.717, 1.165) is 12.5 Å². The van der Waals surface area contributed by atoms with Gasteiger partial charge >= 0.3 is 8.80 Å². The van der Waals surface area contributed by atoms with E-state index >= 15 is 0 Å². The summed E-state index contributed by atoms with van der Waals surface area (Å²) in [5.74, 6) is 0. The van der Waals surface area contributed by atoms with E-state index in [-0.39, 0.29) is 6.10 Å². The lowest BCUT2D eigenvalue weighted by atomic mass is 10.1. The minimum Gasteiger partial charge on any atom is -0.374 e. The summed E-state index contributed by atoms with van der Waals surface area (Å²) in [7, 11) is -2.52. The molecule has 0 N–H and O–H groups in total. The van der Waals surface area contributed by atoms with Crippen LogP contribution in [-0.2, 0) is 13.3 Å². The van der Waals surface area contributed by atoms with Crippen molar-refractivity contribution < 1.29 is 13.3 Å². The van der Waals surface area contributed by atoms with Crippen LogP contribution in [0, 0.1) is 0 Å². The number of rotatable bonds is 22. The number of hydrogen-bond donors (Lipinski definition) is 0. The third kappa shape index (κ3) is 16.0. The molecule has 170 valence electrons. The van der Waals surface area contributed by atoms with Crippen LogP contribution in [0.3, 0.4) is 0 Å². The van der Waals surface area contributed by atoms with Crippen molar-refractivity contribution in [3.8, 4) is 0 Å².